The summed E-state index contributed by atoms with van der Waals surface area (Å²) in [7, 11) is -1.42. The van der Waals surface area contributed by atoms with E-state index in [0.717, 1.165) is 25.1 Å². The Morgan fingerprint density at radius 1 is 1.27 bits per heavy atom. The van der Waals surface area contributed by atoms with Crippen molar-refractivity contribution in [3.63, 3.8) is 0 Å². The molecule has 5 nitrogen and oxygen atoms in total. The van der Waals surface area contributed by atoms with Crippen molar-refractivity contribution < 1.29 is 8.42 Å². The van der Waals surface area contributed by atoms with Gasteiger partial charge >= 0.3 is 0 Å². The number of benzene rings is 1. The molecule has 1 atom stereocenters. The van der Waals surface area contributed by atoms with E-state index in [4.69, 9.17) is 0 Å². The van der Waals surface area contributed by atoms with Crippen molar-refractivity contribution in [3.05, 3.63) is 48.2 Å². The van der Waals surface area contributed by atoms with Crippen LogP contribution in [0.4, 0.5) is 0 Å². The van der Waals surface area contributed by atoms with E-state index in [-0.39, 0.29) is 6.04 Å². The molecule has 0 radical (unpaired) electrons. The second-order valence-corrected chi connectivity index (χ2v) is 7.50. The van der Waals surface area contributed by atoms with Gasteiger partial charge in [-0.05, 0) is 48.5 Å². The zero-order valence-electron chi connectivity index (χ0n) is 12.6. The molecule has 118 valence electrons. The molecule has 1 saturated heterocycles. The Bertz CT molecular complexity index is 687. The van der Waals surface area contributed by atoms with E-state index < -0.39 is 10.0 Å². The first-order valence-corrected chi connectivity index (χ1v) is 8.94. The van der Waals surface area contributed by atoms with E-state index in [2.05, 4.69) is 21.0 Å². The molecule has 2 aliphatic heterocycles. The maximum absolute atomic E-state index is 12.4. The van der Waals surface area contributed by atoms with Gasteiger partial charge in [0.1, 0.15) is 0 Å². The molecule has 2 heterocycles. The van der Waals surface area contributed by atoms with Crippen molar-refractivity contribution in [2.75, 3.05) is 26.7 Å². The van der Waals surface area contributed by atoms with Gasteiger partial charge in [0.15, 0.2) is 0 Å². The van der Waals surface area contributed by atoms with Gasteiger partial charge in [-0.2, -0.15) is 0 Å². The fourth-order valence-corrected chi connectivity index (χ4v) is 4.03. The lowest BCUT2D eigenvalue weighted by Gasteiger charge is -2.20. The summed E-state index contributed by atoms with van der Waals surface area (Å²) in [6.07, 6.45) is 6.91. The zero-order valence-corrected chi connectivity index (χ0v) is 13.4. The molecular weight excluding hydrogens is 298 g/mol. The van der Waals surface area contributed by atoms with Crippen LogP contribution in [-0.2, 0) is 10.0 Å². The topological polar surface area (TPSA) is 61.4 Å². The summed E-state index contributed by atoms with van der Waals surface area (Å²) < 4.78 is 27.5. The first-order chi connectivity index (χ1) is 10.5. The molecule has 1 fully saturated rings. The quantitative estimate of drug-likeness (QED) is 0.874. The average Bonchev–Trinajstić information content (AvgIpc) is 2.99. The Kier molecular flexibility index (Phi) is 4.33. The summed E-state index contributed by atoms with van der Waals surface area (Å²) in [5, 5.41) is 3.16. The maximum Gasteiger partial charge on any atom is 0.240 e. The smallest absolute Gasteiger partial charge is 0.240 e. The lowest BCUT2D eigenvalue weighted by molar-refractivity contribution is 0.512. The van der Waals surface area contributed by atoms with Crippen molar-refractivity contribution in [1.29, 1.82) is 0 Å². The molecule has 0 amide bonds. The Morgan fingerprint density at radius 2 is 2.05 bits per heavy atom. The summed E-state index contributed by atoms with van der Waals surface area (Å²) >= 11 is 0. The second kappa shape index (κ2) is 6.24. The van der Waals surface area contributed by atoms with Crippen LogP contribution in [-0.4, -0.2) is 46.0 Å². The standard InChI is InChI=1S/C16H21N3O2S/c1-19-10-2-3-14(12-19)13-4-6-16(7-5-13)22(20,21)18-15-8-9-17-11-15/h2-7,10,15,17-18H,8-9,11-12H2,1H3/t15-/m1/s1. The van der Waals surface area contributed by atoms with Crippen LogP contribution < -0.4 is 10.0 Å². The van der Waals surface area contributed by atoms with Gasteiger partial charge in [0.05, 0.1) is 4.90 Å². The van der Waals surface area contributed by atoms with Gasteiger partial charge in [-0.3, -0.25) is 0 Å². The second-order valence-electron chi connectivity index (χ2n) is 5.78. The average molecular weight is 319 g/mol. The summed E-state index contributed by atoms with van der Waals surface area (Å²) in [6.45, 7) is 2.39. The van der Waals surface area contributed by atoms with E-state index in [0.29, 0.717) is 11.4 Å². The molecule has 1 aromatic rings. The van der Waals surface area contributed by atoms with E-state index in [1.807, 2.05) is 31.5 Å². The third-order valence-corrected chi connectivity index (χ3v) is 5.51. The van der Waals surface area contributed by atoms with Crippen LogP contribution in [0.15, 0.2) is 47.5 Å². The van der Waals surface area contributed by atoms with Gasteiger partial charge in [-0.1, -0.05) is 18.2 Å². The highest BCUT2D eigenvalue weighted by Crippen LogP contribution is 2.21. The van der Waals surface area contributed by atoms with Crippen LogP contribution in [0.2, 0.25) is 0 Å². The van der Waals surface area contributed by atoms with Crippen LogP contribution in [0.1, 0.15) is 12.0 Å². The molecule has 22 heavy (non-hydrogen) atoms. The number of nitrogens with one attached hydrogen (secondary N) is 2. The van der Waals surface area contributed by atoms with Crippen LogP contribution in [0, 0.1) is 0 Å². The van der Waals surface area contributed by atoms with Gasteiger partial charge in [0.2, 0.25) is 10.0 Å². The number of hydrogen-bond donors (Lipinski definition) is 2. The van der Waals surface area contributed by atoms with Gasteiger partial charge in [-0.25, -0.2) is 13.1 Å². The molecule has 0 saturated carbocycles. The molecule has 6 heteroatoms. The Hall–Kier alpha value is -1.63. The highest BCUT2D eigenvalue weighted by molar-refractivity contribution is 7.89. The maximum atomic E-state index is 12.4. The first-order valence-electron chi connectivity index (χ1n) is 7.46. The van der Waals surface area contributed by atoms with Gasteiger partial charge in [0.25, 0.3) is 0 Å². The van der Waals surface area contributed by atoms with Crippen molar-refractivity contribution in [2.45, 2.75) is 17.4 Å². The predicted molar refractivity (Wildman–Crippen MR) is 87.8 cm³/mol. The molecular formula is C16H21N3O2S. The van der Waals surface area contributed by atoms with E-state index >= 15 is 0 Å². The highest BCUT2D eigenvalue weighted by Gasteiger charge is 2.22. The van der Waals surface area contributed by atoms with Gasteiger partial charge in [0, 0.05) is 26.2 Å². The number of allylic oxidation sites excluding steroid dienone is 2. The molecule has 2 N–H and O–H groups in total. The third-order valence-electron chi connectivity index (χ3n) is 3.98. The molecule has 0 bridgehead atoms. The molecule has 0 aromatic heterocycles. The zero-order chi connectivity index (χ0) is 15.6. The first kappa shape index (κ1) is 15.3. The lowest BCUT2D eigenvalue weighted by atomic mass is 10.0. The Balaban J connectivity index is 1.76. The van der Waals surface area contributed by atoms with E-state index in [1.165, 1.54) is 5.57 Å². The van der Waals surface area contributed by atoms with Crippen molar-refractivity contribution in [1.82, 2.24) is 14.9 Å². The molecule has 0 spiro atoms. The normalized spacial score (nSPS) is 22.0. The lowest BCUT2D eigenvalue weighted by Crippen LogP contribution is -2.36. The minimum absolute atomic E-state index is 0.00971. The number of hydrogen-bond acceptors (Lipinski definition) is 4. The van der Waals surface area contributed by atoms with Crippen LogP contribution in [0.25, 0.3) is 5.57 Å². The third kappa shape index (κ3) is 3.40. The van der Waals surface area contributed by atoms with E-state index in [1.54, 1.807) is 12.1 Å². The summed E-state index contributed by atoms with van der Waals surface area (Å²) in [5.41, 5.74) is 2.24. The fourth-order valence-electron chi connectivity index (χ4n) is 2.76. The molecule has 0 aliphatic carbocycles. The minimum Gasteiger partial charge on any atom is -0.376 e. The predicted octanol–water partition coefficient (Wildman–Crippen LogP) is 1.17. The van der Waals surface area contributed by atoms with Crippen molar-refractivity contribution in [2.24, 2.45) is 0 Å². The molecule has 2 aliphatic rings. The highest BCUT2D eigenvalue weighted by atomic mass is 32.2. The molecule has 3 rings (SSSR count). The summed E-state index contributed by atoms with van der Waals surface area (Å²) in [5.74, 6) is 0. The van der Waals surface area contributed by atoms with Gasteiger partial charge in [-0.15, -0.1) is 0 Å². The van der Waals surface area contributed by atoms with Crippen molar-refractivity contribution in [3.8, 4) is 0 Å². The largest absolute Gasteiger partial charge is 0.376 e. The molecule has 0 unspecified atom stereocenters. The molecule has 1 aromatic carbocycles. The minimum atomic E-state index is -3.44. The number of sulfonamides is 1. The Morgan fingerprint density at radius 3 is 2.68 bits per heavy atom. The van der Waals surface area contributed by atoms with E-state index in [9.17, 15) is 8.42 Å². The van der Waals surface area contributed by atoms with Crippen LogP contribution in [0.3, 0.4) is 0 Å². The monoisotopic (exact) mass is 319 g/mol. The number of nitrogens with zero attached hydrogens (tertiary/aromatic N) is 1. The van der Waals surface area contributed by atoms with Crippen LogP contribution >= 0.6 is 0 Å². The van der Waals surface area contributed by atoms with Crippen LogP contribution in [0.5, 0.6) is 0 Å². The number of rotatable bonds is 4. The van der Waals surface area contributed by atoms with Gasteiger partial charge < -0.3 is 10.2 Å². The number of likely N-dealkylation sites (N-methyl/N-ethyl adjacent to an activating group) is 1. The Labute approximate surface area is 131 Å². The summed E-state index contributed by atoms with van der Waals surface area (Å²) in [4.78, 5) is 2.41. The summed E-state index contributed by atoms with van der Waals surface area (Å²) in [6, 6.07) is 7.10. The van der Waals surface area contributed by atoms with Crippen molar-refractivity contribution >= 4 is 15.6 Å². The SMILES string of the molecule is CN1C=CC=C(c2ccc(S(=O)(=O)N[C@@H]3CCNC3)cc2)C1. The fraction of sp³-hybridized carbons (Fsp3) is 0.375.